The molecule has 0 spiro atoms. The Balaban J connectivity index is 2.51. The number of nitrogens with one attached hydrogen (secondary N) is 2. The molecule has 0 bridgehead atoms. The van der Waals surface area contributed by atoms with Gasteiger partial charge in [-0.15, -0.1) is 0 Å². The zero-order valence-electron chi connectivity index (χ0n) is 8.13. The molecule has 1 heterocycles. The summed E-state index contributed by atoms with van der Waals surface area (Å²) in [5.74, 6) is 0. The van der Waals surface area contributed by atoms with Crippen molar-refractivity contribution in [1.82, 2.24) is 9.97 Å². The Bertz CT molecular complexity index is 380. The van der Waals surface area contributed by atoms with E-state index < -0.39 is 5.69 Å². The predicted molar refractivity (Wildman–Crippen MR) is 52.2 cm³/mol. The van der Waals surface area contributed by atoms with Gasteiger partial charge in [-0.05, 0) is 6.42 Å². The van der Waals surface area contributed by atoms with Crippen LogP contribution in [-0.4, -0.2) is 16.6 Å². The Hall–Kier alpha value is -1.36. The largest absolute Gasteiger partial charge is 0.377 e. The number of unbranched alkanes of at least 4 members (excludes halogenated alkanes) is 1. The Morgan fingerprint density at radius 2 is 2.21 bits per heavy atom. The van der Waals surface area contributed by atoms with Crippen molar-refractivity contribution in [2.75, 3.05) is 6.61 Å². The Kier molecular flexibility index (Phi) is 4.12. The number of aromatic amines is 2. The fourth-order valence-corrected chi connectivity index (χ4v) is 0.973. The lowest BCUT2D eigenvalue weighted by atomic mass is 10.3. The maximum Gasteiger partial charge on any atom is 0.325 e. The standard InChI is InChI=1S/C9H14N2O3/c1-2-3-4-14-6-7-5-10-9(13)11-8(7)12/h5H,2-4,6H2,1H3,(H2,10,11,12,13). The van der Waals surface area contributed by atoms with Gasteiger partial charge < -0.3 is 9.72 Å². The molecule has 1 aromatic rings. The number of aromatic nitrogens is 2. The van der Waals surface area contributed by atoms with Crippen LogP contribution in [0, 0.1) is 0 Å². The van der Waals surface area contributed by atoms with Crippen molar-refractivity contribution in [3.05, 3.63) is 32.6 Å². The minimum absolute atomic E-state index is 0.242. The van der Waals surface area contributed by atoms with Crippen LogP contribution < -0.4 is 11.2 Å². The van der Waals surface area contributed by atoms with E-state index in [9.17, 15) is 9.59 Å². The Morgan fingerprint density at radius 3 is 2.86 bits per heavy atom. The van der Waals surface area contributed by atoms with Crippen molar-refractivity contribution in [3.63, 3.8) is 0 Å². The van der Waals surface area contributed by atoms with Crippen molar-refractivity contribution in [2.45, 2.75) is 26.4 Å². The fourth-order valence-electron chi connectivity index (χ4n) is 0.973. The highest BCUT2D eigenvalue weighted by molar-refractivity contribution is 5.00. The summed E-state index contributed by atoms with van der Waals surface area (Å²) < 4.78 is 5.24. The maximum absolute atomic E-state index is 11.1. The van der Waals surface area contributed by atoms with Crippen molar-refractivity contribution in [2.24, 2.45) is 0 Å². The quantitative estimate of drug-likeness (QED) is 0.671. The zero-order valence-corrected chi connectivity index (χ0v) is 8.13. The number of ether oxygens (including phenoxy) is 1. The minimum atomic E-state index is -0.493. The summed E-state index contributed by atoms with van der Waals surface area (Å²) in [4.78, 5) is 26.3. The second-order valence-corrected chi connectivity index (χ2v) is 3.00. The first kappa shape index (κ1) is 10.7. The number of rotatable bonds is 5. The van der Waals surface area contributed by atoms with E-state index in [-0.39, 0.29) is 12.2 Å². The summed E-state index contributed by atoms with van der Waals surface area (Å²) in [5.41, 5.74) is -0.432. The van der Waals surface area contributed by atoms with Crippen LogP contribution in [0.25, 0.3) is 0 Å². The zero-order chi connectivity index (χ0) is 10.4. The first-order chi connectivity index (χ1) is 6.74. The van der Waals surface area contributed by atoms with E-state index in [1.165, 1.54) is 6.20 Å². The molecule has 0 amide bonds. The van der Waals surface area contributed by atoms with Crippen LogP contribution in [0.5, 0.6) is 0 Å². The van der Waals surface area contributed by atoms with E-state index >= 15 is 0 Å². The van der Waals surface area contributed by atoms with Crippen molar-refractivity contribution in [3.8, 4) is 0 Å². The smallest absolute Gasteiger partial charge is 0.325 e. The molecule has 5 nitrogen and oxygen atoms in total. The molecule has 0 aliphatic heterocycles. The van der Waals surface area contributed by atoms with Crippen molar-refractivity contribution < 1.29 is 4.74 Å². The Labute approximate surface area is 81.1 Å². The van der Waals surface area contributed by atoms with Gasteiger partial charge in [0.2, 0.25) is 0 Å². The molecule has 0 saturated heterocycles. The Morgan fingerprint density at radius 1 is 1.43 bits per heavy atom. The highest BCUT2D eigenvalue weighted by atomic mass is 16.5. The van der Waals surface area contributed by atoms with Crippen molar-refractivity contribution >= 4 is 0 Å². The topological polar surface area (TPSA) is 75.0 Å². The third kappa shape index (κ3) is 3.18. The molecule has 0 aliphatic carbocycles. The molecule has 1 rings (SSSR count). The molecule has 0 unspecified atom stereocenters. The first-order valence-corrected chi connectivity index (χ1v) is 4.62. The van der Waals surface area contributed by atoms with E-state index in [4.69, 9.17) is 4.74 Å². The lowest BCUT2D eigenvalue weighted by molar-refractivity contribution is 0.117. The van der Waals surface area contributed by atoms with Crippen LogP contribution in [0.2, 0.25) is 0 Å². The monoisotopic (exact) mass is 198 g/mol. The average Bonchev–Trinajstić information content (AvgIpc) is 2.15. The van der Waals surface area contributed by atoms with Gasteiger partial charge >= 0.3 is 5.69 Å². The van der Waals surface area contributed by atoms with Gasteiger partial charge in [-0.1, -0.05) is 13.3 Å². The molecule has 0 atom stereocenters. The first-order valence-electron chi connectivity index (χ1n) is 4.62. The second-order valence-electron chi connectivity index (χ2n) is 3.00. The van der Waals surface area contributed by atoms with E-state index in [2.05, 4.69) is 16.9 Å². The van der Waals surface area contributed by atoms with E-state index in [0.717, 1.165) is 12.8 Å². The molecule has 0 saturated carbocycles. The van der Waals surface area contributed by atoms with Gasteiger partial charge in [0.25, 0.3) is 5.56 Å². The van der Waals surface area contributed by atoms with Crippen molar-refractivity contribution in [1.29, 1.82) is 0 Å². The van der Waals surface area contributed by atoms with E-state index in [1.807, 2.05) is 0 Å². The van der Waals surface area contributed by atoms with Crippen LogP contribution in [0.1, 0.15) is 25.3 Å². The van der Waals surface area contributed by atoms with Gasteiger partial charge in [0.1, 0.15) is 0 Å². The summed E-state index contributed by atoms with van der Waals surface area (Å²) in [6.45, 7) is 2.94. The van der Waals surface area contributed by atoms with Crippen LogP contribution in [0.4, 0.5) is 0 Å². The number of hydrogen-bond acceptors (Lipinski definition) is 3. The highest BCUT2D eigenvalue weighted by Gasteiger charge is 1.99. The molecule has 0 aromatic carbocycles. The normalized spacial score (nSPS) is 10.4. The third-order valence-electron chi connectivity index (χ3n) is 1.80. The van der Waals surface area contributed by atoms with Crippen LogP contribution in [-0.2, 0) is 11.3 Å². The van der Waals surface area contributed by atoms with Crippen LogP contribution in [0.3, 0.4) is 0 Å². The van der Waals surface area contributed by atoms with Gasteiger partial charge in [0.05, 0.1) is 12.2 Å². The summed E-state index contributed by atoms with van der Waals surface area (Å²) in [6.07, 6.45) is 3.41. The predicted octanol–water partition coefficient (Wildman–Crippen LogP) is 0.380. The highest BCUT2D eigenvalue weighted by Crippen LogP contribution is 1.93. The molecular formula is C9H14N2O3. The molecular weight excluding hydrogens is 184 g/mol. The molecule has 14 heavy (non-hydrogen) atoms. The number of hydrogen-bond donors (Lipinski definition) is 2. The molecule has 78 valence electrons. The van der Waals surface area contributed by atoms with Gasteiger partial charge in [-0.25, -0.2) is 4.79 Å². The van der Waals surface area contributed by atoms with Gasteiger partial charge in [0.15, 0.2) is 0 Å². The minimum Gasteiger partial charge on any atom is -0.377 e. The summed E-state index contributed by atoms with van der Waals surface area (Å²) in [7, 11) is 0. The number of H-pyrrole nitrogens is 2. The van der Waals surface area contributed by atoms with E-state index in [0.29, 0.717) is 12.2 Å². The molecule has 5 heteroatoms. The molecule has 0 radical (unpaired) electrons. The third-order valence-corrected chi connectivity index (χ3v) is 1.80. The molecule has 2 N–H and O–H groups in total. The lowest BCUT2D eigenvalue weighted by Crippen LogP contribution is -2.24. The second kappa shape index (κ2) is 5.39. The van der Waals surface area contributed by atoms with Gasteiger partial charge in [-0.2, -0.15) is 0 Å². The van der Waals surface area contributed by atoms with Gasteiger partial charge in [0, 0.05) is 12.8 Å². The lowest BCUT2D eigenvalue weighted by Gasteiger charge is -2.01. The SMILES string of the molecule is CCCCOCc1c[nH]c(=O)[nH]c1=O. The summed E-state index contributed by atoms with van der Waals surface area (Å²) in [5, 5.41) is 0. The summed E-state index contributed by atoms with van der Waals surface area (Å²) >= 11 is 0. The average molecular weight is 198 g/mol. The maximum atomic E-state index is 11.1. The van der Waals surface area contributed by atoms with E-state index in [1.54, 1.807) is 0 Å². The fraction of sp³-hybridized carbons (Fsp3) is 0.556. The van der Waals surface area contributed by atoms with Gasteiger partial charge in [-0.3, -0.25) is 9.78 Å². The molecule has 0 aliphatic rings. The molecule has 1 aromatic heterocycles. The van der Waals surface area contributed by atoms with Crippen LogP contribution >= 0.6 is 0 Å². The van der Waals surface area contributed by atoms with Crippen LogP contribution in [0.15, 0.2) is 15.8 Å². The molecule has 0 fully saturated rings. The summed E-state index contributed by atoms with van der Waals surface area (Å²) in [6, 6.07) is 0.